The molecule has 1 N–H and O–H groups in total. The molecule has 3 rings (SSSR count). The van der Waals surface area contributed by atoms with E-state index in [9.17, 15) is 19.1 Å². The maximum absolute atomic E-state index is 13.9. The molecule has 106 valence electrons. The lowest BCUT2D eigenvalue weighted by Gasteiger charge is -2.29. The third-order valence-corrected chi connectivity index (χ3v) is 4.23. The minimum absolute atomic E-state index is 0.345. The quantitative estimate of drug-likeness (QED) is 0.919. The monoisotopic (exact) mass is 285 g/mol. The molecule has 0 amide bonds. The van der Waals surface area contributed by atoms with Gasteiger partial charge in [-0.3, -0.25) is 0 Å². The second-order valence-electron chi connectivity index (χ2n) is 5.28. The van der Waals surface area contributed by atoms with Gasteiger partial charge in [0.05, 0.1) is 11.6 Å². The van der Waals surface area contributed by atoms with Crippen LogP contribution in [0, 0.1) is 23.0 Å². The number of nitrogens with zero attached hydrogens (tertiary/aromatic N) is 1. The molecule has 2 aromatic carbocycles. The fourth-order valence-electron chi connectivity index (χ4n) is 3.12. The average Bonchev–Trinajstić information content (AvgIpc) is 2.87. The number of benzene rings is 2. The summed E-state index contributed by atoms with van der Waals surface area (Å²) in [5, 5.41) is 20.2. The molecule has 0 aromatic heterocycles. The third-order valence-electron chi connectivity index (χ3n) is 4.23. The molecule has 21 heavy (non-hydrogen) atoms. The van der Waals surface area contributed by atoms with Crippen molar-refractivity contribution in [1.29, 1.82) is 5.26 Å². The highest BCUT2D eigenvalue weighted by Gasteiger charge is 2.47. The zero-order valence-electron chi connectivity index (χ0n) is 11.2. The largest absolute Gasteiger partial charge is 0.386 e. The molecule has 2 aromatic rings. The van der Waals surface area contributed by atoms with Gasteiger partial charge in [-0.2, -0.15) is 5.26 Å². The van der Waals surface area contributed by atoms with Crippen molar-refractivity contribution in [2.24, 2.45) is 0 Å². The van der Waals surface area contributed by atoms with Crippen molar-refractivity contribution in [2.75, 3.05) is 0 Å². The second kappa shape index (κ2) is 4.94. The van der Waals surface area contributed by atoms with Gasteiger partial charge in [-0.15, -0.1) is 0 Å². The zero-order chi connectivity index (χ0) is 15.0. The van der Waals surface area contributed by atoms with Gasteiger partial charge in [-0.25, -0.2) is 8.78 Å². The van der Waals surface area contributed by atoms with Gasteiger partial charge in [-0.1, -0.05) is 30.3 Å². The van der Waals surface area contributed by atoms with Crippen molar-refractivity contribution in [1.82, 2.24) is 0 Å². The van der Waals surface area contributed by atoms with Gasteiger partial charge in [-0.05, 0) is 36.1 Å². The van der Waals surface area contributed by atoms with E-state index in [4.69, 9.17) is 0 Å². The number of rotatable bonds is 2. The lowest BCUT2D eigenvalue weighted by molar-refractivity contribution is 0.103. The number of fused-ring (bicyclic) bond motifs is 1. The summed E-state index contributed by atoms with van der Waals surface area (Å²) < 4.78 is 27.9. The number of aryl methyl sites for hydroxylation is 1. The third kappa shape index (κ3) is 1.93. The van der Waals surface area contributed by atoms with Gasteiger partial charge in [0.25, 0.3) is 0 Å². The number of hydrogen-bond acceptors (Lipinski definition) is 2. The molecular weight excluding hydrogens is 272 g/mol. The first kappa shape index (κ1) is 13.7. The summed E-state index contributed by atoms with van der Waals surface area (Å²) >= 11 is 0. The van der Waals surface area contributed by atoms with E-state index in [0.717, 1.165) is 17.7 Å². The minimum Gasteiger partial charge on any atom is -0.386 e. The highest BCUT2D eigenvalue weighted by molar-refractivity contribution is 5.47. The Balaban J connectivity index is 2.17. The van der Waals surface area contributed by atoms with Crippen LogP contribution in [0.2, 0.25) is 0 Å². The molecule has 0 heterocycles. The topological polar surface area (TPSA) is 44.0 Å². The Morgan fingerprint density at radius 3 is 2.43 bits per heavy atom. The van der Waals surface area contributed by atoms with Gasteiger partial charge in [0.1, 0.15) is 23.2 Å². The number of hydrogen-bond donors (Lipinski definition) is 1. The standard InChI is InChI=1S/C17H13F2NO/c18-13-6-3-7-14(19)15(13)16(21)17(10-20)9-8-11-4-1-2-5-12(11)17/h1-7,16,21H,8-9H2. The van der Waals surface area contributed by atoms with Crippen LogP contribution in [0.1, 0.15) is 29.2 Å². The van der Waals surface area contributed by atoms with Gasteiger partial charge in [0, 0.05) is 0 Å². The van der Waals surface area contributed by atoms with Crippen molar-refractivity contribution < 1.29 is 13.9 Å². The van der Waals surface area contributed by atoms with Crippen molar-refractivity contribution in [3.8, 4) is 6.07 Å². The Morgan fingerprint density at radius 1 is 1.10 bits per heavy atom. The Bertz CT molecular complexity index is 718. The van der Waals surface area contributed by atoms with Crippen molar-refractivity contribution in [2.45, 2.75) is 24.4 Å². The van der Waals surface area contributed by atoms with Crippen LogP contribution < -0.4 is 0 Å². The van der Waals surface area contributed by atoms with E-state index in [-0.39, 0.29) is 0 Å². The van der Waals surface area contributed by atoms with Gasteiger partial charge in [0.2, 0.25) is 0 Å². The van der Waals surface area contributed by atoms with Crippen molar-refractivity contribution >= 4 is 0 Å². The normalized spacial score (nSPS) is 21.6. The fourth-order valence-corrected chi connectivity index (χ4v) is 3.12. The molecule has 0 spiro atoms. The summed E-state index contributed by atoms with van der Waals surface area (Å²) in [5.41, 5.74) is -0.146. The SMILES string of the molecule is N#CC1(C(O)c2c(F)cccc2F)CCc2ccccc21. The predicted octanol–water partition coefficient (Wildman–Crippen LogP) is 3.41. The van der Waals surface area contributed by atoms with Crippen LogP contribution in [0.5, 0.6) is 0 Å². The van der Waals surface area contributed by atoms with Crippen LogP contribution in [0.25, 0.3) is 0 Å². The Morgan fingerprint density at radius 2 is 1.76 bits per heavy atom. The molecule has 2 atom stereocenters. The van der Waals surface area contributed by atoms with Crippen molar-refractivity contribution in [3.63, 3.8) is 0 Å². The molecule has 2 nitrogen and oxygen atoms in total. The molecule has 0 fully saturated rings. The molecule has 0 saturated carbocycles. The Kier molecular flexibility index (Phi) is 3.23. The van der Waals surface area contributed by atoms with Crippen LogP contribution in [0.3, 0.4) is 0 Å². The molecule has 0 aliphatic heterocycles. The van der Waals surface area contributed by atoms with Gasteiger partial charge < -0.3 is 5.11 Å². The lowest BCUT2D eigenvalue weighted by Crippen LogP contribution is -2.31. The fraction of sp³-hybridized carbons (Fsp3) is 0.235. The van der Waals surface area contributed by atoms with E-state index in [1.807, 2.05) is 12.1 Å². The predicted molar refractivity (Wildman–Crippen MR) is 73.4 cm³/mol. The zero-order valence-corrected chi connectivity index (χ0v) is 11.2. The highest BCUT2D eigenvalue weighted by atomic mass is 19.1. The summed E-state index contributed by atoms with van der Waals surface area (Å²) in [5.74, 6) is -1.66. The Hall–Kier alpha value is -2.25. The summed E-state index contributed by atoms with van der Waals surface area (Å²) in [6.45, 7) is 0. The van der Waals surface area contributed by atoms with Crippen LogP contribution in [-0.4, -0.2) is 5.11 Å². The van der Waals surface area contributed by atoms with E-state index in [0.29, 0.717) is 18.4 Å². The molecule has 0 bridgehead atoms. The molecule has 4 heteroatoms. The van der Waals surface area contributed by atoms with E-state index >= 15 is 0 Å². The smallest absolute Gasteiger partial charge is 0.132 e. The first-order valence-electron chi connectivity index (χ1n) is 6.72. The number of halogens is 2. The number of aliphatic hydroxyl groups is 1. The summed E-state index contributed by atoms with van der Waals surface area (Å²) in [7, 11) is 0. The van der Waals surface area contributed by atoms with E-state index in [2.05, 4.69) is 6.07 Å². The Labute approximate surface area is 121 Å². The molecular formula is C17H13F2NO. The van der Waals surface area contributed by atoms with Crippen LogP contribution >= 0.6 is 0 Å². The second-order valence-corrected chi connectivity index (χ2v) is 5.28. The summed E-state index contributed by atoms with van der Waals surface area (Å²) in [6, 6.07) is 12.8. The average molecular weight is 285 g/mol. The molecule has 0 radical (unpaired) electrons. The highest BCUT2D eigenvalue weighted by Crippen LogP contribution is 2.47. The first-order chi connectivity index (χ1) is 10.1. The van der Waals surface area contributed by atoms with Crippen LogP contribution in [0.4, 0.5) is 8.78 Å². The van der Waals surface area contributed by atoms with Gasteiger partial charge in [0.15, 0.2) is 0 Å². The first-order valence-corrected chi connectivity index (χ1v) is 6.72. The number of aliphatic hydroxyl groups excluding tert-OH is 1. The van der Waals surface area contributed by atoms with E-state index in [1.54, 1.807) is 12.1 Å². The van der Waals surface area contributed by atoms with Gasteiger partial charge >= 0.3 is 0 Å². The summed E-state index contributed by atoms with van der Waals surface area (Å²) in [4.78, 5) is 0. The molecule has 0 saturated heterocycles. The van der Waals surface area contributed by atoms with Crippen LogP contribution in [-0.2, 0) is 11.8 Å². The molecule has 2 unspecified atom stereocenters. The minimum atomic E-state index is -1.53. The number of nitriles is 1. The summed E-state index contributed by atoms with van der Waals surface area (Å²) in [6.07, 6.45) is -0.582. The van der Waals surface area contributed by atoms with E-state index < -0.39 is 28.7 Å². The van der Waals surface area contributed by atoms with Crippen LogP contribution in [0.15, 0.2) is 42.5 Å². The molecule has 1 aliphatic carbocycles. The molecule has 1 aliphatic rings. The van der Waals surface area contributed by atoms with E-state index in [1.165, 1.54) is 6.07 Å². The lowest BCUT2D eigenvalue weighted by atomic mass is 9.75. The maximum Gasteiger partial charge on any atom is 0.132 e. The van der Waals surface area contributed by atoms with Crippen molar-refractivity contribution in [3.05, 3.63) is 70.8 Å². The maximum atomic E-state index is 13.9.